The van der Waals surface area contributed by atoms with Gasteiger partial charge in [-0.25, -0.2) is 0 Å². The number of rotatable bonds is 3. The van der Waals surface area contributed by atoms with Gasteiger partial charge in [-0.2, -0.15) is 0 Å². The molecule has 0 bridgehead atoms. The number of amidine groups is 1. The van der Waals surface area contributed by atoms with Crippen LogP contribution in [0, 0.1) is 5.41 Å². The SMILES string of the molecule is C/C=C(\C=C\C(=N)N)C(/C)=N\O. The predicted octanol–water partition coefficient (Wildman–Crippen LogP) is 1.27. The fraction of sp³-hybridized carbons (Fsp3) is 0.250. The smallest absolute Gasteiger partial charge is 0.115 e. The maximum absolute atomic E-state index is 8.43. The molecule has 0 saturated carbocycles. The Morgan fingerprint density at radius 1 is 1.50 bits per heavy atom. The van der Waals surface area contributed by atoms with Crippen molar-refractivity contribution in [2.75, 3.05) is 0 Å². The molecule has 12 heavy (non-hydrogen) atoms. The summed E-state index contributed by atoms with van der Waals surface area (Å²) in [4.78, 5) is 0. The summed E-state index contributed by atoms with van der Waals surface area (Å²) in [5.74, 6) is -0.0277. The Hall–Kier alpha value is -1.58. The first-order chi connectivity index (χ1) is 5.61. The summed E-state index contributed by atoms with van der Waals surface area (Å²) in [5, 5.41) is 18.4. The van der Waals surface area contributed by atoms with Gasteiger partial charge in [0.1, 0.15) is 5.84 Å². The van der Waals surface area contributed by atoms with Crippen LogP contribution >= 0.6 is 0 Å². The Morgan fingerprint density at radius 3 is 2.42 bits per heavy atom. The Labute approximate surface area is 71.6 Å². The Kier molecular flexibility index (Phi) is 4.45. The first-order valence-corrected chi connectivity index (χ1v) is 3.49. The van der Waals surface area contributed by atoms with Crippen molar-refractivity contribution in [3.05, 3.63) is 23.8 Å². The molecule has 0 aromatic carbocycles. The van der Waals surface area contributed by atoms with E-state index in [1.165, 1.54) is 6.08 Å². The van der Waals surface area contributed by atoms with Crippen LogP contribution < -0.4 is 5.73 Å². The summed E-state index contributed by atoms with van der Waals surface area (Å²) in [7, 11) is 0. The number of allylic oxidation sites excluding steroid dienone is 3. The van der Waals surface area contributed by atoms with E-state index in [9.17, 15) is 0 Å². The van der Waals surface area contributed by atoms with E-state index in [-0.39, 0.29) is 5.84 Å². The third kappa shape index (κ3) is 3.55. The standard InChI is InChI=1S/C8H13N3O/c1-3-7(6(2)11-12)4-5-8(9)10/h3-5,12H,1-2H3,(H3,9,10)/b5-4+,7-3+,11-6-. The van der Waals surface area contributed by atoms with Gasteiger partial charge in [-0.15, -0.1) is 0 Å². The molecule has 0 spiro atoms. The molecule has 0 atom stereocenters. The van der Waals surface area contributed by atoms with Gasteiger partial charge in [0.25, 0.3) is 0 Å². The molecular formula is C8H13N3O. The van der Waals surface area contributed by atoms with Gasteiger partial charge in [0.05, 0.1) is 5.71 Å². The van der Waals surface area contributed by atoms with Crippen LogP contribution in [0.1, 0.15) is 13.8 Å². The molecule has 0 amide bonds. The highest BCUT2D eigenvalue weighted by Crippen LogP contribution is 1.99. The van der Waals surface area contributed by atoms with Gasteiger partial charge in [-0.05, 0) is 31.6 Å². The molecular weight excluding hydrogens is 154 g/mol. The van der Waals surface area contributed by atoms with E-state index in [1.54, 1.807) is 19.1 Å². The molecule has 0 aromatic rings. The third-order valence-electron chi connectivity index (χ3n) is 1.32. The lowest BCUT2D eigenvalue weighted by molar-refractivity contribution is 0.319. The summed E-state index contributed by atoms with van der Waals surface area (Å²) < 4.78 is 0. The topological polar surface area (TPSA) is 82.5 Å². The molecule has 0 saturated heterocycles. The lowest BCUT2D eigenvalue weighted by Gasteiger charge is -1.96. The zero-order valence-electron chi connectivity index (χ0n) is 7.20. The fourth-order valence-electron chi connectivity index (χ4n) is 0.663. The molecule has 0 radical (unpaired) electrons. The molecule has 4 heteroatoms. The second-order valence-electron chi connectivity index (χ2n) is 2.22. The van der Waals surface area contributed by atoms with Crippen LogP contribution in [0.5, 0.6) is 0 Å². The van der Waals surface area contributed by atoms with Crippen molar-refractivity contribution in [2.24, 2.45) is 10.9 Å². The molecule has 0 rings (SSSR count). The van der Waals surface area contributed by atoms with Crippen LogP contribution in [-0.4, -0.2) is 16.8 Å². The van der Waals surface area contributed by atoms with Crippen LogP contribution in [-0.2, 0) is 0 Å². The van der Waals surface area contributed by atoms with Crippen molar-refractivity contribution in [3.8, 4) is 0 Å². The normalized spacial score (nSPS) is 13.8. The van der Waals surface area contributed by atoms with Gasteiger partial charge >= 0.3 is 0 Å². The largest absolute Gasteiger partial charge is 0.411 e. The van der Waals surface area contributed by atoms with Crippen molar-refractivity contribution in [3.63, 3.8) is 0 Å². The second-order valence-corrected chi connectivity index (χ2v) is 2.22. The number of hydrogen-bond donors (Lipinski definition) is 3. The average Bonchev–Trinajstić information content (AvgIpc) is 2.04. The molecule has 66 valence electrons. The fourth-order valence-corrected chi connectivity index (χ4v) is 0.663. The minimum absolute atomic E-state index is 0.0277. The summed E-state index contributed by atoms with van der Waals surface area (Å²) in [6, 6.07) is 0. The lowest BCUT2D eigenvalue weighted by Crippen LogP contribution is -2.05. The van der Waals surface area contributed by atoms with Gasteiger partial charge in [0.15, 0.2) is 0 Å². The van der Waals surface area contributed by atoms with Gasteiger partial charge in [-0.3, -0.25) is 5.41 Å². The number of nitrogens with two attached hydrogens (primary N) is 1. The molecule has 0 aliphatic carbocycles. The maximum Gasteiger partial charge on any atom is 0.115 e. The van der Waals surface area contributed by atoms with E-state index in [4.69, 9.17) is 16.4 Å². The zero-order valence-corrected chi connectivity index (χ0v) is 7.20. The highest BCUT2D eigenvalue weighted by atomic mass is 16.4. The maximum atomic E-state index is 8.43. The second kappa shape index (κ2) is 5.12. The highest BCUT2D eigenvalue weighted by molar-refractivity contribution is 6.01. The summed E-state index contributed by atoms with van der Waals surface area (Å²) in [5.41, 5.74) is 6.34. The number of nitrogens with one attached hydrogen (secondary N) is 1. The highest BCUT2D eigenvalue weighted by Gasteiger charge is 1.95. The van der Waals surface area contributed by atoms with Crippen molar-refractivity contribution in [1.29, 1.82) is 5.41 Å². The predicted molar refractivity (Wildman–Crippen MR) is 49.7 cm³/mol. The van der Waals surface area contributed by atoms with Crippen LogP contribution in [0.3, 0.4) is 0 Å². The number of oxime groups is 1. The first kappa shape index (κ1) is 10.4. The molecule has 0 aliphatic rings. The lowest BCUT2D eigenvalue weighted by atomic mass is 10.1. The molecule has 0 fully saturated rings. The van der Waals surface area contributed by atoms with Crippen molar-refractivity contribution >= 4 is 11.5 Å². The molecule has 4 N–H and O–H groups in total. The molecule has 0 heterocycles. The van der Waals surface area contributed by atoms with Crippen LogP contribution in [0.15, 0.2) is 29.0 Å². The van der Waals surface area contributed by atoms with Crippen molar-refractivity contribution < 1.29 is 5.21 Å². The quantitative estimate of drug-likeness (QED) is 0.194. The Bertz CT molecular complexity index is 251. The molecule has 4 nitrogen and oxygen atoms in total. The van der Waals surface area contributed by atoms with Gasteiger partial charge in [0, 0.05) is 0 Å². The van der Waals surface area contributed by atoms with E-state index in [0.29, 0.717) is 5.71 Å². The number of nitrogens with zero attached hydrogens (tertiary/aromatic N) is 1. The van der Waals surface area contributed by atoms with Crippen molar-refractivity contribution in [1.82, 2.24) is 0 Å². The van der Waals surface area contributed by atoms with Crippen LogP contribution in [0.4, 0.5) is 0 Å². The minimum atomic E-state index is -0.0277. The summed E-state index contributed by atoms with van der Waals surface area (Å²) >= 11 is 0. The van der Waals surface area contributed by atoms with Gasteiger partial charge in [0.2, 0.25) is 0 Å². The van der Waals surface area contributed by atoms with E-state index >= 15 is 0 Å². The van der Waals surface area contributed by atoms with Crippen molar-refractivity contribution in [2.45, 2.75) is 13.8 Å². The van der Waals surface area contributed by atoms with Gasteiger partial charge < -0.3 is 10.9 Å². The molecule has 0 unspecified atom stereocenters. The summed E-state index contributed by atoms with van der Waals surface area (Å²) in [6.07, 6.45) is 4.83. The molecule has 0 aliphatic heterocycles. The van der Waals surface area contributed by atoms with E-state index in [1.807, 2.05) is 6.92 Å². The van der Waals surface area contributed by atoms with E-state index in [2.05, 4.69) is 5.16 Å². The van der Waals surface area contributed by atoms with Gasteiger partial charge in [-0.1, -0.05) is 11.2 Å². The van der Waals surface area contributed by atoms with E-state index < -0.39 is 0 Å². The third-order valence-corrected chi connectivity index (χ3v) is 1.32. The number of hydrogen-bond acceptors (Lipinski definition) is 3. The van der Waals surface area contributed by atoms with Crippen LogP contribution in [0.25, 0.3) is 0 Å². The van der Waals surface area contributed by atoms with E-state index in [0.717, 1.165) is 5.57 Å². The van der Waals surface area contributed by atoms with Crippen LogP contribution in [0.2, 0.25) is 0 Å². The monoisotopic (exact) mass is 167 g/mol. The zero-order chi connectivity index (χ0) is 9.56. The Morgan fingerprint density at radius 2 is 2.08 bits per heavy atom. The first-order valence-electron chi connectivity index (χ1n) is 3.49. The Balaban J connectivity index is 4.52. The summed E-state index contributed by atoms with van der Waals surface area (Å²) in [6.45, 7) is 3.48. The molecule has 0 aromatic heterocycles. The minimum Gasteiger partial charge on any atom is -0.411 e. The average molecular weight is 167 g/mol.